The molecule has 2 bridgehead atoms. The predicted octanol–water partition coefficient (Wildman–Crippen LogP) is 5.09. The molecule has 2 heterocycles. The number of benzene rings is 1. The molecule has 2 aliphatic carbocycles. The summed E-state index contributed by atoms with van der Waals surface area (Å²) in [6.45, 7) is 4.20. The summed E-state index contributed by atoms with van der Waals surface area (Å²) in [5.41, 5.74) is 1.67. The Morgan fingerprint density at radius 3 is 2.57 bits per heavy atom. The molecule has 7 heteroatoms. The van der Waals surface area contributed by atoms with Crippen LogP contribution < -0.4 is 4.74 Å². The number of rotatable bonds is 2. The van der Waals surface area contributed by atoms with E-state index < -0.39 is 5.41 Å². The molecule has 2 aliphatic rings. The lowest BCUT2D eigenvalue weighted by molar-refractivity contribution is -0.144. The summed E-state index contributed by atoms with van der Waals surface area (Å²) in [6, 6.07) is 6.90. The van der Waals surface area contributed by atoms with Gasteiger partial charge >= 0.3 is 5.97 Å². The second kappa shape index (κ2) is 5.88. The first-order valence-corrected chi connectivity index (χ1v) is 9.89. The number of nitrogens with zero attached hydrogens (tertiary/aromatic N) is 3. The number of halogens is 2. The monoisotopic (exact) mass is 413 g/mol. The lowest BCUT2D eigenvalue weighted by atomic mass is 9.68. The average molecular weight is 414 g/mol. The van der Waals surface area contributed by atoms with Crippen molar-refractivity contribution >= 4 is 40.2 Å². The van der Waals surface area contributed by atoms with Crippen LogP contribution in [0.3, 0.4) is 0 Å². The van der Waals surface area contributed by atoms with E-state index in [1.54, 1.807) is 30.5 Å². The van der Waals surface area contributed by atoms with E-state index in [0.717, 1.165) is 12.1 Å². The highest BCUT2D eigenvalue weighted by Gasteiger charge is 2.69. The quantitative estimate of drug-likeness (QED) is 0.547. The molecule has 2 aromatic heterocycles. The largest absolute Gasteiger partial charge is 0.424 e. The fraction of sp³-hybridized carbons (Fsp3) is 0.333. The number of carbonyl (C=O) groups excluding carboxylic acids is 1. The minimum atomic E-state index is -0.851. The molecule has 0 N–H and O–H groups in total. The molecule has 0 saturated heterocycles. The topological polar surface area (TPSA) is 65.0 Å². The molecule has 3 aromatic rings. The Morgan fingerprint density at radius 2 is 1.89 bits per heavy atom. The number of pyridine rings is 1. The van der Waals surface area contributed by atoms with Crippen LogP contribution in [0.4, 0.5) is 0 Å². The highest BCUT2D eigenvalue weighted by atomic mass is 35.5. The van der Waals surface area contributed by atoms with E-state index in [0.29, 0.717) is 38.9 Å². The zero-order valence-electron chi connectivity index (χ0n) is 15.4. The van der Waals surface area contributed by atoms with E-state index in [1.807, 2.05) is 0 Å². The van der Waals surface area contributed by atoms with Gasteiger partial charge in [-0.1, -0.05) is 37.0 Å². The summed E-state index contributed by atoms with van der Waals surface area (Å²) in [7, 11) is 0. The molecule has 28 heavy (non-hydrogen) atoms. The van der Waals surface area contributed by atoms with Crippen LogP contribution in [0.1, 0.15) is 44.0 Å². The molecule has 0 amide bonds. The van der Waals surface area contributed by atoms with Crippen LogP contribution in [0.5, 0.6) is 5.75 Å². The van der Waals surface area contributed by atoms with Gasteiger partial charge in [-0.15, -0.1) is 0 Å². The molecule has 2 atom stereocenters. The molecule has 0 radical (unpaired) electrons. The molecule has 1 fully saturated rings. The maximum absolute atomic E-state index is 13.5. The highest BCUT2D eigenvalue weighted by molar-refractivity contribution is 6.42. The maximum atomic E-state index is 13.5. The first-order chi connectivity index (χ1) is 13.3. The minimum absolute atomic E-state index is 0.135. The predicted molar refractivity (Wildman–Crippen MR) is 107 cm³/mol. The van der Waals surface area contributed by atoms with Crippen LogP contribution in [0.15, 0.2) is 36.7 Å². The lowest BCUT2D eigenvalue weighted by Crippen LogP contribution is -2.46. The Balaban J connectivity index is 1.69. The van der Waals surface area contributed by atoms with Gasteiger partial charge in [0.25, 0.3) is 0 Å². The van der Waals surface area contributed by atoms with Crippen molar-refractivity contribution in [3.8, 4) is 5.75 Å². The number of hydrogen-bond acceptors (Lipinski definition) is 5. The van der Waals surface area contributed by atoms with Crippen LogP contribution in [-0.4, -0.2) is 20.9 Å². The molecule has 0 aliphatic heterocycles. The summed E-state index contributed by atoms with van der Waals surface area (Å²) in [4.78, 5) is 27.2. The zero-order valence-corrected chi connectivity index (χ0v) is 16.9. The van der Waals surface area contributed by atoms with Gasteiger partial charge in [-0.2, -0.15) is 0 Å². The van der Waals surface area contributed by atoms with Crippen LogP contribution in [-0.2, 0) is 10.2 Å². The van der Waals surface area contributed by atoms with Crippen molar-refractivity contribution in [2.24, 2.45) is 5.41 Å². The van der Waals surface area contributed by atoms with Crippen molar-refractivity contribution in [2.75, 3.05) is 0 Å². The van der Waals surface area contributed by atoms with Crippen LogP contribution in [0.2, 0.25) is 10.0 Å². The van der Waals surface area contributed by atoms with Gasteiger partial charge in [0.1, 0.15) is 11.2 Å². The molecule has 142 valence electrons. The van der Waals surface area contributed by atoms with E-state index in [1.165, 1.54) is 6.20 Å². The van der Waals surface area contributed by atoms with Gasteiger partial charge in [-0.3, -0.25) is 9.78 Å². The van der Waals surface area contributed by atoms with Gasteiger partial charge in [-0.25, -0.2) is 9.97 Å². The molecule has 0 spiro atoms. The van der Waals surface area contributed by atoms with Crippen LogP contribution >= 0.6 is 23.2 Å². The van der Waals surface area contributed by atoms with Crippen molar-refractivity contribution in [2.45, 2.75) is 38.0 Å². The second-order valence-corrected chi connectivity index (χ2v) is 8.82. The molecular formula is C21H17Cl2N3O2. The van der Waals surface area contributed by atoms with Crippen molar-refractivity contribution < 1.29 is 9.53 Å². The first kappa shape index (κ1) is 17.8. The lowest BCUT2D eigenvalue weighted by Gasteiger charge is -2.35. The van der Waals surface area contributed by atoms with E-state index in [2.05, 4.69) is 18.8 Å². The van der Waals surface area contributed by atoms with Gasteiger partial charge in [0.05, 0.1) is 38.7 Å². The highest BCUT2D eigenvalue weighted by Crippen LogP contribution is 2.67. The van der Waals surface area contributed by atoms with E-state index in [-0.39, 0.29) is 17.3 Å². The Bertz CT molecular complexity index is 1130. The number of hydrogen-bond donors (Lipinski definition) is 0. The zero-order chi connectivity index (χ0) is 19.7. The fourth-order valence-electron chi connectivity index (χ4n) is 4.93. The summed E-state index contributed by atoms with van der Waals surface area (Å²) >= 11 is 12.3. The van der Waals surface area contributed by atoms with E-state index in [4.69, 9.17) is 37.9 Å². The minimum Gasteiger partial charge on any atom is -0.424 e. The first-order valence-electron chi connectivity index (χ1n) is 9.14. The van der Waals surface area contributed by atoms with Gasteiger partial charge < -0.3 is 4.74 Å². The number of aromatic nitrogens is 3. The van der Waals surface area contributed by atoms with Crippen molar-refractivity contribution in [3.05, 3.63) is 58.1 Å². The summed E-state index contributed by atoms with van der Waals surface area (Å²) < 4.78 is 5.75. The molecule has 1 saturated carbocycles. The Hall–Kier alpha value is -2.24. The molecule has 5 nitrogen and oxygen atoms in total. The molecule has 2 unspecified atom stereocenters. The van der Waals surface area contributed by atoms with Gasteiger partial charge in [0, 0.05) is 12.1 Å². The third-order valence-electron chi connectivity index (χ3n) is 6.44. The van der Waals surface area contributed by atoms with Crippen molar-refractivity contribution in [3.63, 3.8) is 0 Å². The smallest absolute Gasteiger partial charge is 0.324 e. The second-order valence-electron chi connectivity index (χ2n) is 8.01. The van der Waals surface area contributed by atoms with Gasteiger partial charge in [-0.05, 0) is 42.5 Å². The van der Waals surface area contributed by atoms with Crippen molar-refractivity contribution in [1.29, 1.82) is 0 Å². The SMILES string of the molecule is CC1(C)C2CCC1(C(=O)Oc1cccnc1)c1nc3cc(Cl)c(Cl)cc3nc12. The van der Waals surface area contributed by atoms with Gasteiger partial charge in [0.2, 0.25) is 0 Å². The number of carbonyl (C=O) groups is 1. The standard InChI is InChI=1S/C21H17Cl2N3O2/c1-20(2)12-5-6-21(20,19(27)28-11-4-3-7-24-10-11)18-17(12)25-15-8-13(22)14(23)9-16(15)26-18/h3-4,7-10,12H,5-6H2,1-2H3. The van der Waals surface area contributed by atoms with E-state index in [9.17, 15) is 4.79 Å². The third-order valence-corrected chi connectivity index (χ3v) is 7.16. The molecular weight excluding hydrogens is 397 g/mol. The number of fused-ring (bicyclic) bond motifs is 6. The van der Waals surface area contributed by atoms with Crippen LogP contribution in [0.25, 0.3) is 11.0 Å². The Kier molecular flexibility index (Phi) is 3.74. The Morgan fingerprint density at radius 1 is 1.18 bits per heavy atom. The third kappa shape index (κ3) is 2.20. The Labute approximate surface area is 172 Å². The molecule has 5 rings (SSSR count). The average Bonchev–Trinajstić information content (AvgIpc) is 3.04. The van der Waals surface area contributed by atoms with Crippen molar-refractivity contribution in [1.82, 2.24) is 15.0 Å². The number of esters is 1. The number of ether oxygens (including phenoxy) is 1. The summed E-state index contributed by atoms with van der Waals surface area (Å²) in [6.07, 6.45) is 4.72. The maximum Gasteiger partial charge on any atom is 0.324 e. The summed E-state index contributed by atoms with van der Waals surface area (Å²) in [5, 5.41) is 0.856. The van der Waals surface area contributed by atoms with Crippen LogP contribution in [0, 0.1) is 5.41 Å². The van der Waals surface area contributed by atoms with Gasteiger partial charge in [0.15, 0.2) is 0 Å². The normalized spacial score (nSPS) is 24.4. The summed E-state index contributed by atoms with van der Waals surface area (Å²) in [5.74, 6) is 0.258. The fourth-order valence-corrected chi connectivity index (χ4v) is 5.24. The molecule has 1 aromatic carbocycles. The van der Waals surface area contributed by atoms with E-state index >= 15 is 0 Å².